The van der Waals surface area contributed by atoms with Crippen LogP contribution in [0, 0.1) is 24.0 Å². The van der Waals surface area contributed by atoms with Crippen LogP contribution in [0.25, 0.3) is 0 Å². The molecular formula is C21H20F2N2O2S. The van der Waals surface area contributed by atoms with E-state index in [1.165, 1.54) is 17.4 Å². The summed E-state index contributed by atoms with van der Waals surface area (Å²) in [5.41, 5.74) is 0.0269. The molecule has 1 aromatic carbocycles. The molecule has 1 fully saturated rings. The number of anilines is 1. The van der Waals surface area contributed by atoms with Gasteiger partial charge < -0.3 is 5.32 Å². The van der Waals surface area contributed by atoms with Crippen LogP contribution in [0.15, 0.2) is 35.7 Å². The molecule has 0 spiro atoms. The molecule has 4 nitrogen and oxygen atoms in total. The van der Waals surface area contributed by atoms with Crippen molar-refractivity contribution in [1.82, 2.24) is 5.32 Å². The van der Waals surface area contributed by atoms with Gasteiger partial charge in [-0.3, -0.25) is 14.5 Å². The highest BCUT2D eigenvalue weighted by Crippen LogP contribution is 2.32. The molecule has 7 heteroatoms. The molecule has 1 atom stereocenters. The van der Waals surface area contributed by atoms with Crippen molar-refractivity contribution >= 4 is 28.8 Å². The Morgan fingerprint density at radius 3 is 2.54 bits per heavy atom. The van der Waals surface area contributed by atoms with Crippen LogP contribution >= 0.6 is 11.3 Å². The third-order valence-corrected chi connectivity index (χ3v) is 5.72. The molecule has 1 heterocycles. The largest absolute Gasteiger partial charge is 0.351 e. The summed E-state index contributed by atoms with van der Waals surface area (Å²) >= 11 is 1.29. The Labute approximate surface area is 166 Å². The minimum Gasteiger partial charge on any atom is -0.351 e. The van der Waals surface area contributed by atoms with Crippen molar-refractivity contribution in [2.45, 2.75) is 44.2 Å². The van der Waals surface area contributed by atoms with Crippen molar-refractivity contribution < 1.29 is 18.4 Å². The van der Waals surface area contributed by atoms with E-state index in [-0.39, 0.29) is 17.6 Å². The Morgan fingerprint density at radius 2 is 1.93 bits per heavy atom. The lowest BCUT2D eigenvalue weighted by Crippen LogP contribution is -2.46. The van der Waals surface area contributed by atoms with Gasteiger partial charge >= 0.3 is 5.91 Å². The van der Waals surface area contributed by atoms with E-state index in [9.17, 15) is 18.4 Å². The van der Waals surface area contributed by atoms with Crippen LogP contribution in [0.5, 0.6) is 0 Å². The number of thiophene rings is 1. The molecule has 1 aliphatic carbocycles. The third kappa shape index (κ3) is 4.39. The number of benzene rings is 1. The Hall–Kier alpha value is -2.72. The normalized spacial score (nSPS) is 15.5. The third-order valence-electron chi connectivity index (χ3n) is 4.79. The highest BCUT2D eigenvalue weighted by molar-refractivity contribution is 7.10. The second-order valence-electron chi connectivity index (χ2n) is 6.68. The van der Waals surface area contributed by atoms with Crippen molar-refractivity contribution in [2.24, 2.45) is 0 Å². The summed E-state index contributed by atoms with van der Waals surface area (Å²) in [4.78, 5) is 27.3. The smallest absolute Gasteiger partial charge is 0.303 e. The van der Waals surface area contributed by atoms with Gasteiger partial charge in [0.25, 0.3) is 0 Å². The van der Waals surface area contributed by atoms with Crippen LogP contribution in [0.2, 0.25) is 0 Å². The van der Waals surface area contributed by atoms with Crippen molar-refractivity contribution in [3.63, 3.8) is 0 Å². The van der Waals surface area contributed by atoms with Gasteiger partial charge in [0.15, 0.2) is 17.7 Å². The van der Waals surface area contributed by atoms with Gasteiger partial charge in [0.2, 0.25) is 5.91 Å². The standard InChI is InChI=1S/C21H20F2N2O2S/c1-2-19(26)25(15-10-11-16(22)17(23)13-15)20(18-9-6-12-28-18)21(27)24-14-7-4-3-5-8-14/h1,6,9-14,20H,3-5,7-8H2,(H,24,27). The minimum atomic E-state index is -1.12. The fourth-order valence-electron chi connectivity index (χ4n) is 3.44. The maximum atomic E-state index is 13.8. The molecule has 1 saturated carbocycles. The topological polar surface area (TPSA) is 49.4 Å². The molecule has 1 unspecified atom stereocenters. The van der Waals surface area contributed by atoms with E-state index in [1.807, 2.05) is 5.92 Å². The first-order valence-electron chi connectivity index (χ1n) is 9.10. The fourth-order valence-corrected chi connectivity index (χ4v) is 4.25. The fraction of sp³-hybridized carbons (Fsp3) is 0.333. The van der Waals surface area contributed by atoms with Gasteiger partial charge in [0.1, 0.15) is 0 Å². The Morgan fingerprint density at radius 1 is 1.18 bits per heavy atom. The van der Waals surface area contributed by atoms with Crippen molar-refractivity contribution in [3.05, 3.63) is 52.2 Å². The van der Waals surface area contributed by atoms with E-state index in [0.29, 0.717) is 4.88 Å². The SMILES string of the molecule is C#CC(=O)N(c1ccc(F)c(F)c1)C(C(=O)NC1CCCCC1)c1cccs1. The molecular weight excluding hydrogens is 382 g/mol. The zero-order valence-corrected chi connectivity index (χ0v) is 16.0. The van der Waals surface area contributed by atoms with Crippen LogP contribution in [0.3, 0.4) is 0 Å². The van der Waals surface area contributed by atoms with E-state index in [2.05, 4.69) is 5.32 Å². The maximum absolute atomic E-state index is 13.8. The van der Waals surface area contributed by atoms with E-state index in [0.717, 1.165) is 49.1 Å². The summed E-state index contributed by atoms with van der Waals surface area (Å²) in [6.45, 7) is 0. The molecule has 1 aliphatic rings. The summed E-state index contributed by atoms with van der Waals surface area (Å²) in [7, 11) is 0. The number of amides is 2. The number of rotatable bonds is 5. The summed E-state index contributed by atoms with van der Waals surface area (Å²) in [5, 5.41) is 4.78. The van der Waals surface area contributed by atoms with E-state index in [1.54, 1.807) is 17.5 Å². The van der Waals surface area contributed by atoms with Crippen molar-refractivity contribution in [1.29, 1.82) is 0 Å². The first-order valence-corrected chi connectivity index (χ1v) is 9.98. The lowest BCUT2D eigenvalue weighted by molar-refractivity contribution is -0.125. The number of hydrogen-bond acceptors (Lipinski definition) is 3. The Balaban J connectivity index is 1.99. The molecule has 28 heavy (non-hydrogen) atoms. The van der Waals surface area contributed by atoms with Gasteiger partial charge in [-0.2, -0.15) is 0 Å². The summed E-state index contributed by atoms with van der Waals surface area (Å²) in [5.74, 6) is -1.36. The molecule has 0 radical (unpaired) electrons. The lowest BCUT2D eigenvalue weighted by Gasteiger charge is -2.31. The van der Waals surface area contributed by atoms with E-state index in [4.69, 9.17) is 6.42 Å². The monoisotopic (exact) mass is 402 g/mol. The van der Waals surface area contributed by atoms with Crippen LogP contribution in [0.1, 0.15) is 43.0 Å². The number of nitrogens with zero attached hydrogens (tertiary/aromatic N) is 1. The quantitative estimate of drug-likeness (QED) is 0.763. The van der Waals surface area contributed by atoms with Gasteiger partial charge in [-0.15, -0.1) is 17.8 Å². The molecule has 3 rings (SSSR count). The summed E-state index contributed by atoms with van der Waals surface area (Å²) in [6.07, 6.45) is 10.3. The van der Waals surface area contributed by atoms with Gasteiger partial charge in [0, 0.05) is 22.7 Å². The van der Waals surface area contributed by atoms with E-state index >= 15 is 0 Å². The first kappa shape index (κ1) is 20.0. The maximum Gasteiger partial charge on any atom is 0.303 e. The highest BCUT2D eigenvalue weighted by atomic mass is 32.1. The second-order valence-corrected chi connectivity index (χ2v) is 7.66. The average Bonchev–Trinajstić information content (AvgIpc) is 3.22. The zero-order valence-electron chi connectivity index (χ0n) is 15.2. The molecule has 1 N–H and O–H groups in total. The molecule has 0 bridgehead atoms. The molecule has 0 saturated heterocycles. The molecule has 0 aliphatic heterocycles. The van der Waals surface area contributed by atoms with Crippen LogP contribution < -0.4 is 10.2 Å². The second kappa shape index (κ2) is 8.98. The van der Waals surface area contributed by atoms with Gasteiger partial charge in [-0.25, -0.2) is 8.78 Å². The Kier molecular flexibility index (Phi) is 6.42. The number of carbonyl (C=O) groups is 2. The minimum absolute atomic E-state index is 0.0245. The van der Waals surface area contributed by atoms with Crippen molar-refractivity contribution in [3.8, 4) is 12.3 Å². The average molecular weight is 402 g/mol. The molecule has 146 valence electrons. The molecule has 2 amide bonds. The van der Waals surface area contributed by atoms with Crippen LogP contribution in [-0.4, -0.2) is 17.9 Å². The summed E-state index contributed by atoms with van der Waals surface area (Å²) < 4.78 is 27.2. The van der Waals surface area contributed by atoms with Crippen molar-refractivity contribution in [2.75, 3.05) is 4.90 Å². The number of carbonyl (C=O) groups excluding carboxylic acids is 2. The Bertz CT molecular complexity index is 886. The molecule has 1 aromatic heterocycles. The molecule has 2 aromatic rings. The first-order chi connectivity index (χ1) is 13.5. The van der Waals surface area contributed by atoms with Gasteiger partial charge in [-0.1, -0.05) is 25.3 Å². The predicted molar refractivity (Wildman–Crippen MR) is 105 cm³/mol. The zero-order chi connectivity index (χ0) is 20.1. The van der Waals surface area contributed by atoms with Gasteiger partial charge in [0.05, 0.1) is 0 Å². The highest BCUT2D eigenvalue weighted by Gasteiger charge is 2.34. The lowest BCUT2D eigenvalue weighted by atomic mass is 9.95. The van der Waals surface area contributed by atoms with Gasteiger partial charge in [-0.05, 0) is 42.3 Å². The summed E-state index contributed by atoms with van der Waals surface area (Å²) in [6, 6.07) is 5.46. The predicted octanol–water partition coefficient (Wildman–Crippen LogP) is 4.18. The number of halogens is 2. The van der Waals surface area contributed by atoms with E-state index < -0.39 is 23.6 Å². The number of terminal acetylenes is 1. The van der Waals surface area contributed by atoms with Crippen LogP contribution in [0.4, 0.5) is 14.5 Å². The number of nitrogens with one attached hydrogen (secondary N) is 1. The number of hydrogen-bond donors (Lipinski definition) is 1. The van der Waals surface area contributed by atoms with Crippen LogP contribution in [-0.2, 0) is 9.59 Å².